The highest BCUT2D eigenvalue weighted by atomic mass is 15.2. The Bertz CT molecular complexity index is 2490. The lowest BCUT2D eigenvalue weighted by atomic mass is 9.83. The zero-order valence-corrected chi connectivity index (χ0v) is 30.1. The molecule has 0 fully saturated rings. The summed E-state index contributed by atoms with van der Waals surface area (Å²) in [5.74, 6) is 0. The number of aryl methyl sites for hydroxylation is 2. The summed E-state index contributed by atoms with van der Waals surface area (Å²) >= 11 is 0. The van der Waals surface area contributed by atoms with Gasteiger partial charge in [0, 0.05) is 38.9 Å². The highest BCUT2D eigenvalue weighted by Gasteiger charge is 2.25. The van der Waals surface area contributed by atoms with Gasteiger partial charge in [0.2, 0.25) is 0 Å². The number of benzene rings is 8. The van der Waals surface area contributed by atoms with Crippen LogP contribution in [0.3, 0.4) is 0 Å². The van der Waals surface area contributed by atoms with Crippen molar-refractivity contribution in [2.75, 3.05) is 9.80 Å². The largest absolute Gasteiger partial charge is 0.310 e. The average molecular weight is 671 g/mol. The lowest BCUT2D eigenvalue weighted by molar-refractivity contribution is 0.591. The van der Waals surface area contributed by atoms with Crippen LogP contribution in [0.15, 0.2) is 140 Å². The van der Waals surface area contributed by atoms with Crippen LogP contribution in [0.4, 0.5) is 34.1 Å². The van der Waals surface area contributed by atoms with E-state index < -0.39 is 0 Å². The van der Waals surface area contributed by atoms with Crippen LogP contribution in [0.25, 0.3) is 32.3 Å². The molecular formula is C48H38N4. The smallest absolute Gasteiger partial charge is 0.0991 e. The maximum atomic E-state index is 9.68. The van der Waals surface area contributed by atoms with Crippen molar-refractivity contribution in [2.24, 2.45) is 0 Å². The van der Waals surface area contributed by atoms with E-state index in [0.29, 0.717) is 11.1 Å². The predicted molar refractivity (Wildman–Crippen MR) is 217 cm³/mol. The fourth-order valence-electron chi connectivity index (χ4n) is 7.29. The van der Waals surface area contributed by atoms with E-state index in [0.717, 1.165) is 44.9 Å². The van der Waals surface area contributed by atoms with E-state index in [-0.39, 0.29) is 5.41 Å². The first kappa shape index (κ1) is 32.6. The Labute approximate surface area is 305 Å². The summed E-state index contributed by atoms with van der Waals surface area (Å²) in [7, 11) is 0. The van der Waals surface area contributed by atoms with Crippen molar-refractivity contribution in [3.8, 4) is 12.1 Å². The quantitative estimate of drug-likeness (QED) is 0.165. The number of hydrogen-bond donors (Lipinski definition) is 0. The minimum absolute atomic E-state index is 0.00354. The molecule has 4 heteroatoms. The van der Waals surface area contributed by atoms with Gasteiger partial charge in [0.15, 0.2) is 0 Å². The van der Waals surface area contributed by atoms with Crippen molar-refractivity contribution in [2.45, 2.75) is 40.0 Å². The Kier molecular flexibility index (Phi) is 7.90. The maximum Gasteiger partial charge on any atom is 0.0991 e. The third-order valence-corrected chi connectivity index (χ3v) is 10.1. The summed E-state index contributed by atoms with van der Waals surface area (Å²) in [6, 6.07) is 53.6. The number of nitriles is 2. The second kappa shape index (κ2) is 12.6. The molecule has 8 aromatic rings. The molecule has 0 bridgehead atoms. The molecule has 0 spiro atoms. The maximum absolute atomic E-state index is 9.68. The summed E-state index contributed by atoms with van der Waals surface area (Å²) in [6.07, 6.45) is 0. The van der Waals surface area contributed by atoms with Gasteiger partial charge in [-0.3, -0.25) is 0 Å². The Morgan fingerprint density at radius 3 is 1.15 bits per heavy atom. The number of anilines is 6. The van der Waals surface area contributed by atoms with Gasteiger partial charge < -0.3 is 9.80 Å². The van der Waals surface area contributed by atoms with Gasteiger partial charge in [-0.2, -0.15) is 10.5 Å². The molecule has 0 N–H and O–H groups in total. The van der Waals surface area contributed by atoms with E-state index in [9.17, 15) is 10.5 Å². The first-order valence-electron chi connectivity index (χ1n) is 17.6. The SMILES string of the molecule is Cc1ccc(N(c2ccc(C#N)cc2)c2cc(N(c3ccc(C)cc3)c3ccc(C#N)cc3)c3ccc4cc(C(C)(C)C)cc5ccc2c3c54)cc1. The first-order valence-corrected chi connectivity index (χ1v) is 17.6. The van der Waals surface area contributed by atoms with Crippen molar-refractivity contribution in [3.63, 3.8) is 0 Å². The van der Waals surface area contributed by atoms with E-state index in [1.807, 2.05) is 48.5 Å². The fraction of sp³-hybridized carbons (Fsp3) is 0.125. The molecule has 0 saturated carbocycles. The third-order valence-electron chi connectivity index (χ3n) is 10.1. The van der Waals surface area contributed by atoms with Crippen molar-refractivity contribution in [1.29, 1.82) is 10.5 Å². The second-order valence-corrected chi connectivity index (χ2v) is 14.7. The molecule has 0 heterocycles. The van der Waals surface area contributed by atoms with E-state index >= 15 is 0 Å². The van der Waals surface area contributed by atoms with E-state index in [1.54, 1.807) is 0 Å². The van der Waals surface area contributed by atoms with Crippen LogP contribution in [-0.4, -0.2) is 0 Å². The molecule has 0 saturated heterocycles. The van der Waals surface area contributed by atoms with Crippen LogP contribution >= 0.6 is 0 Å². The molecule has 52 heavy (non-hydrogen) atoms. The van der Waals surface area contributed by atoms with E-state index in [2.05, 4.69) is 148 Å². The monoisotopic (exact) mass is 670 g/mol. The molecule has 8 rings (SSSR count). The van der Waals surface area contributed by atoms with Crippen LogP contribution < -0.4 is 9.80 Å². The van der Waals surface area contributed by atoms with Crippen LogP contribution in [0.1, 0.15) is 48.6 Å². The van der Waals surface area contributed by atoms with Crippen LogP contribution in [0.5, 0.6) is 0 Å². The number of hydrogen-bond acceptors (Lipinski definition) is 4. The van der Waals surface area contributed by atoms with Crippen LogP contribution in [0, 0.1) is 36.5 Å². The molecule has 0 atom stereocenters. The summed E-state index contributed by atoms with van der Waals surface area (Å²) in [5, 5.41) is 26.5. The molecule has 0 amide bonds. The minimum atomic E-state index is -0.00354. The van der Waals surface area contributed by atoms with Gasteiger partial charge in [0.05, 0.1) is 34.6 Å². The van der Waals surface area contributed by atoms with Gasteiger partial charge in [-0.1, -0.05) is 92.6 Å². The average Bonchev–Trinajstić information content (AvgIpc) is 3.16. The van der Waals surface area contributed by atoms with Crippen LogP contribution in [-0.2, 0) is 5.41 Å². The van der Waals surface area contributed by atoms with Gasteiger partial charge in [0.1, 0.15) is 0 Å². The molecule has 0 radical (unpaired) electrons. The van der Waals surface area contributed by atoms with Gasteiger partial charge in [-0.15, -0.1) is 0 Å². The topological polar surface area (TPSA) is 54.1 Å². The molecule has 4 nitrogen and oxygen atoms in total. The third kappa shape index (κ3) is 5.65. The molecular weight excluding hydrogens is 633 g/mol. The van der Waals surface area contributed by atoms with Crippen LogP contribution in [0.2, 0.25) is 0 Å². The Morgan fingerprint density at radius 2 is 0.808 bits per heavy atom. The zero-order valence-electron chi connectivity index (χ0n) is 30.1. The molecule has 0 unspecified atom stereocenters. The summed E-state index contributed by atoms with van der Waals surface area (Å²) < 4.78 is 0. The molecule has 0 aromatic heterocycles. The Balaban J connectivity index is 1.52. The molecule has 250 valence electrons. The van der Waals surface area contributed by atoms with Gasteiger partial charge >= 0.3 is 0 Å². The minimum Gasteiger partial charge on any atom is -0.310 e. The number of nitrogens with zero attached hydrogens (tertiary/aromatic N) is 4. The highest BCUT2D eigenvalue weighted by molar-refractivity contribution is 6.29. The van der Waals surface area contributed by atoms with E-state index in [4.69, 9.17) is 0 Å². The highest BCUT2D eigenvalue weighted by Crippen LogP contribution is 2.50. The zero-order chi connectivity index (χ0) is 36.1. The normalized spacial score (nSPS) is 11.5. The van der Waals surface area contributed by atoms with Crippen molar-refractivity contribution in [3.05, 3.63) is 167 Å². The molecule has 0 aliphatic carbocycles. The molecule has 0 aliphatic rings. The number of rotatable bonds is 6. The summed E-state index contributed by atoms with van der Waals surface area (Å²) in [6.45, 7) is 11.0. The van der Waals surface area contributed by atoms with Gasteiger partial charge in [-0.25, -0.2) is 0 Å². The first-order chi connectivity index (χ1) is 25.1. The van der Waals surface area contributed by atoms with Crippen molar-refractivity contribution >= 4 is 66.4 Å². The summed E-state index contributed by atoms with van der Waals surface area (Å²) in [4.78, 5) is 4.62. The fourth-order valence-corrected chi connectivity index (χ4v) is 7.29. The van der Waals surface area contributed by atoms with Gasteiger partial charge in [0.25, 0.3) is 0 Å². The van der Waals surface area contributed by atoms with Gasteiger partial charge in [-0.05, 0) is 120 Å². The Hall–Kier alpha value is -6.62. The standard InChI is InChI=1S/C48H38N4/c1-31-6-16-38(17-7-31)51(40-20-10-33(29-49)11-21-40)44-28-45(52(39-18-8-32(2)9-19-39)41-22-12-34(30-50)13-23-41)43-25-15-36-27-37(48(3,4)5)26-35-14-24-42(44)47(43)46(35)36/h6-28H,1-5H3. The summed E-state index contributed by atoms with van der Waals surface area (Å²) in [5.41, 5.74) is 10.9. The van der Waals surface area contributed by atoms with Crippen molar-refractivity contribution in [1.82, 2.24) is 0 Å². The predicted octanol–water partition coefficient (Wildman–Crippen LogP) is 13.2. The van der Waals surface area contributed by atoms with E-state index in [1.165, 1.54) is 38.2 Å². The molecule has 0 aliphatic heterocycles. The Morgan fingerprint density at radius 1 is 0.442 bits per heavy atom. The lowest BCUT2D eigenvalue weighted by Gasteiger charge is -2.32. The van der Waals surface area contributed by atoms with Crippen molar-refractivity contribution < 1.29 is 0 Å². The molecule has 8 aromatic carbocycles. The second-order valence-electron chi connectivity index (χ2n) is 14.7. The lowest BCUT2D eigenvalue weighted by Crippen LogP contribution is -2.15.